The van der Waals surface area contributed by atoms with Gasteiger partial charge in [-0.1, -0.05) is 27.7 Å². The third-order valence-electron chi connectivity index (χ3n) is 4.51. The second-order valence-electron chi connectivity index (χ2n) is 6.94. The van der Waals surface area contributed by atoms with Crippen molar-refractivity contribution in [3.8, 4) is 0 Å². The van der Waals surface area contributed by atoms with Gasteiger partial charge in [-0.3, -0.25) is 0 Å². The molecule has 0 heterocycles. The van der Waals surface area contributed by atoms with E-state index in [0.29, 0.717) is 18.6 Å². The first-order valence-corrected chi connectivity index (χ1v) is 7.77. The predicted molar refractivity (Wildman–Crippen MR) is 80.5 cm³/mol. The Balaban J connectivity index is 2.53. The molecule has 0 aromatic carbocycles. The van der Waals surface area contributed by atoms with Gasteiger partial charge in [-0.15, -0.1) is 0 Å². The van der Waals surface area contributed by atoms with Gasteiger partial charge in [0.25, 0.3) is 0 Å². The molecule has 3 heteroatoms. The summed E-state index contributed by atoms with van der Waals surface area (Å²) in [5.41, 5.74) is 0.465. The Morgan fingerprint density at radius 2 is 1.79 bits per heavy atom. The molecule has 1 saturated carbocycles. The molecule has 0 radical (unpaired) electrons. The lowest BCUT2D eigenvalue weighted by molar-refractivity contribution is -0.0956. The van der Waals surface area contributed by atoms with E-state index in [-0.39, 0.29) is 5.60 Å². The molecule has 114 valence electrons. The number of ether oxygens (including phenoxy) is 2. The highest BCUT2D eigenvalue weighted by molar-refractivity contribution is 4.92. The number of methoxy groups -OCH3 is 1. The number of rotatable bonds is 7. The maximum atomic E-state index is 6.19. The predicted octanol–water partition coefficient (Wildman–Crippen LogP) is 3.23. The maximum Gasteiger partial charge on any atom is 0.0807 e. The molecule has 1 aliphatic rings. The van der Waals surface area contributed by atoms with Gasteiger partial charge in [0.1, 0.15) is 0 Å². The van der Waals surface area contributed by atoms with E-state index in [1.54, 1.807) is 7.11 Å². The summed E-state index contributed by atoms with van der Waals surface area (Å²) in [6.07, 6.45) is 4.90. The number of hydrogen-bond donors (Lipinski definition) is 1. The van der Waals surface area contributed by atoms with Crippen LogP contribution in [0.5, 0.6) is 0 Å². The van der Waals surface area contributed by atoms with E-state index in [0.717, 1.165) is 19.0 Å². The lowest BCUT2D eigenvalue weighted by Crippen LogP contribution is -2.47. The summed E-state index contributed by atoms with van der Waals surface area (Å²) < 4.78 is 11.3. The average molecular weight is 271 g/mol. The van der Waals surface area contributed by atoms with Gasteiger partial charge in [-0.25, -0.2) is 0 Å². The molecular formula is C16H33NO2. The lowest BCUT2D eigenvalue weighted by atomic mass is 9.68. The quantitative estimate of drug-likeness (QED) is 0.721. The summed E-state index contributed by atoms with van der Waals surface area (Å²) in [6.45, 7) is 12.6. The Hall–Kier alpha value is -0.120. The molecule has 0 bridgehead atoms. The molecule has 1 N–H and O–H groups in total. The molecule has 0 amide bonds. The topological polar surface area (TPSA) is 30.5 Å². The third kappa shape index (κ3) is 5.41. The number of nitrogens with one attached hydrogen (secondary N) is 1. The fourth-order valence-corrected chi connectivity index (χ4v) is 3.08. The lowest BCUT2D eigenvalue weighted by Gasteiger charge is -2.44. The van der Waals surface area contributed by atoms with E-state index in [2.05, 4.69) is 33.0 Å². The molecular weight excluding hydrogens is 238 g/mol. The molecule has 19 heavy (non-hydrogen) atoms. The molecule has 1 fully saturated rings. The van der Waals surface area contributed by atoms with Crippen LogP contribution in [-0.4, -0.2) is 39.0 Å². The highest BCUT2D eigenvalue weighted by atomic mass is 16.5. The van der Waals surface area contributed by atoms with Crippen LogP contribution in [0.2, 0.25) is 0 Å². The van der Waals surface area contributed by atoms with E-state index in [4.69, 9.17) is 9.47 Å². The summed E-state index contributed by atoms with van der Waals surface area (Å²) in [7, 11) is 1.73. The average Bonchev–Trinajstić information content (AvgIpc) is 2.36. The van der Waals surface area contributed by atoms with Crippen molar-refractivity contribution in [3.05, 3.63) is 0 Å². The van der Waals surface area contributed by atoms with Gasteiger partial charge in [-0.2, -0.15) is 0 Å². The third-order valence-corrected chi connectivity index (χ3v) is 4.51. The molecule has 0 saturated heterocycles. The van der Waals surface area contributed by atoms with E-state index < -0.39 is 0 Å². The van der Waals surface area contributed by atoms with Gasteiger partial charge in [0, 0.05) is 13.7 Å². The minimum atomic E-state index is 0.0380. The normalized spacial score (nSPS) is 28.6. The molecule has 0 aliphatic heterocycles. The molecule has 1 rings (SSSR count). The first-order chi connectivity index (χ1) is 8.93. The van der Waals surface area contributed by atoms with Gasteiger partial charge in [0.15, 0.2) is 0 Å². The second kappa shape index (κ2) is 7.61. The van der Waals surface area contributed by atoms with Crippen LogP contribution in [-0.2, 0) is 9.47 Å². The number of likely N-dealkylation sites (N-methyl/N-ethyl adjacent to an activating group) is 1. The Morgan fingerprint density at radius 1 is 1.16 bits per heavy atom. The van der Waals surface area contributed by atoms with Gasteiger partial charge in [0.05, 0.1) is 18.8 Å². The summed E-state index contributed by atoms with van der Waals surface area (Å²) >= 11 is 0. The first-order valence-electron chi connectivity index (χ1n) is 7.77. The summed E-state index contributed by atoms with van der Waals surface area (Å²) in [6, 6.07) is 0. The van der Waals surface area contributed by atoms with Crippen LogP contribution in [0.4, 0.5) is 0 Å². The molecule has 0 atom stereocenters. The van der Waals surface area contributed by atoms with Crippen molar-refractivity contribution >= 4 is 0 Å². The van der Waals surface area contributed by atoms with Crippen molar-refractivity contribution in [1.29, 1.82) is 0 Å². The molecule has 0 spiro atoms. The van der Waals surface area contributed by atoms with Crippen molar-refractivity contribution in [1.82, 2.24) is 5.32 Å². The second-order valence-corrected chi connectivity index (χ2v) is 6.94. The van der Waals surface area contributed by atoms with E-state index in [1.165, 1.54) is 25.7 Å². The van der Waals surface area contributed by atoms with Crippen LogP contribution in [0.15, 0.2) is 0 Å². The van der Waals surface area contributed by atoms with Gasteiger partial charge in [0.2, 0.25) is 0 Å². The van der Waals surface area contributed by atoms with Gasteiger partial charge >= 0.3 is 0 Å². The Bertz CT molecular complexity index is 240. The smallest absolute Gasteiger partial charge is 0.0807 e. The van der Waals surface area contributed by atoms with Gasteiger partial charge in [-0.05, 0) is 43.6 Å². The van der Waals surface area contributed by atoms with Crippen LogP contribution in [0, 0.1) is 11.3 Å². The van der Waals surface area contributed by atoms with Crippen LogP contribution in [0.1, 0.15) is 53.4 Å². The molecule has 3 nitrogen and oxygen atoms in total. The monoisotopic (exact) mass is 271 g/mol. The zero-order valence-corrected chi connectivity index (χ0v) is 13.6. The molecule has 0 aromatic rings. The number of hydrogen-bond acceptors (Lipinski definition) is 3. The van der Waals surface area contributed by atoms with Crippen LogP contribution >= 0.6 is 0 Å². The standard InChI is InChI=1S/C16H33NO2/c1-6-17-13-16(19-12-11-18-5)9-7-14(8-10-16)15(2,3)4/h14,17H,6-13H2,1-5H3. The molecule has 0 unspecified atom stereocenters. The van der Waals surface area contributed by atoms with Crippen molar-refractivity contribution in [2.45, 2.75) is 59.0 Å². The zero-order chi connectivity index (χ0) is 14.4. The summed E-state index contributed by atoms with van der Waals surface area (Å²) in [5, 5.41) is 3.47. The largest absolute Gasteiger partial charge is 0.382 e. The molecule has 0 aromatic heterocycles. The van der Waals surface area contributed by atoms with E-state index in [1.807, 2.05) is 0 Å². The Kier molecular flexibility index (Phi) is 6.78. The van der Waals surface area contributed by atoms with Crippen LogP contribution < -0.4 is 5.32 Å². The zero-order valence-electron chi connectivity index (χ0n) is 13.6. The highest BCUT2D eigenvalue weighted by Crippen LogP contribution is 2.42. The fraction of sp³-hybridized carbons (Fsp3) is 1.00. The van der Waals surface area contributed by atoms with Crippen molar-refractivity contribution in [3.63, 3.8) is 0 Å². The first kappa shape index (κ1) is 16.9. The minimum absolute atomic E-state index is 0.0380. The van der Waals surface area contributed by atoms with Gasteiger partial charge < -0.3 is 14.8 Å². The molecule has 1 aliphatic carbocycles. The van der Waals surface area contributed by atoms with Crippen molar-refractivity contribution in [2.24, 2.45) is 11.3 Å². The fourth-order valence-electron chi connectivity index (χ4n) is 3.08. The minimum Gasteiger partial charge on any atom is -0.382 e. The van der Waals surface area contributed by atoms with E-state index >= 15 is 0 Å². The summed E-state index contributed by atoms with van der Waals surface area (Å²) in [4.78, 5) is 0. The van der Waals surface area contributed by atoms with Crippen molar-refractivity contribution in [2.75, 3.05) is 33.4 Å². The van der Waals surface area contributed by atoms with Crippen LogP contribution in [0.3, 0.4) is 0 Å². The van der Waals surface area contributed by atoms with Crippen LogP contribution in [0.25, 0.3) is 0 Å². The van der Waals surface area contributed by atoms with Crippen molar-refractivity contribution < 1.29 is 9.47 Å². The SMILES string of the molecule is CCNCC1(OCCOC)CCC(C(C)(C)C)CC1. The summed E-state index contributed by atoms with van der Waals surface area (Å²) in [5.74, 6) is 0.827. The Labute approximate surface area is 119 Å². The highest BCUT2D eigenvalue weighted by Gasteiger charge is 2.39. The van der Waals surface area contributed by atoms with E-state index in [9.17, 15) is 0 Å². The Morgan fingerprint density at radius 3 is 2.26 bits per heavy atom. The maximum absolute atomic E-state index is 6.19.